The van der Waals surface area contributed by atoms with Crippen molar-refractivity contribution in [2.75, 3.05) is 32.4 Å². The number of fused-ring (bicyclic) bond motifs is 2. The third-order valence-corrected chi connectivity index (χ3v) is 4.25. The van der Waals surface area contributed by atoms with Crippen LogP contribution in [0.5, 0.6) is 0 Å². The first-order valence-electron chi connectivity index (χ1n) is 5.79. The van der Waals surface area contributed by atoms with E-state index in [0.717, 1.165) is 13.1 Å². The molecule has 2 aliphatic carbocycles. The van der Waals surface area contributed by atoms with Gasteiger partial charge in [-0.05, 0) is 17.5 Å². The Balaban J connectivity index is 0.000000178. The lowest BCUT2D eigenvalue weighted by Crippen LogP contribution is -2.45. The van der Waals surface area contributed by atoms with Crippen LogP contribution < -0.4 is 5.32 Å². The molecule has 1 fully saturated rings. The number of piperazine rings is 1. The first kappa shape index (κ1) is 15.4. The maximum Gasteiger partial charge on any atom is 0.211 e. The Bertz CT molecular complexity index is 460. The highest BCUT2D eigenvalue weighted by molar-refractivity contribution is 7.88. The first-order chi connectivity index (χ1) is 8.05. The van der Waals surface area contributed by atoms with E-state index >= 15 is 0 Å². The van der Waals surface area contributed by atoms with Crippen molar-refractivity contribution in [2.45, 2.75) is 6.42 Å². The summed E-state index contributed by atoms with van der Waals surface area (Å²) in [6, 6.07) is 8.65. The Morgan fingerprint density at radius 2 is 1.67 bits per heavy atom. The minimum absolute atomic E-state index is 0. The van der Waals surface area contributed by atoms with E-state index in [0.29, 0.717) is 13.1 Å². The number of benzene rings is 1. The third-order valence-electron chi connectivity index (χ3n) is 2.94. The molecule has 18 heavy (non-hydrogen) atoms. The lowest BCUT2D eigenvalue weighted by atomic mass is 9.94. The molecule has 0 unspecified atom stereocenters. The Morgan fingerprint density at radius 1 is 1.17 bits per heavy atom. The van der Waals surface area contributed by atoms with Gasteiger partial charge in [0.25, 0.3) is 0 Å². The number of nitrogens with one attached hydrogen (secondary N) is 1. The molecule has 0 aromatic heterocycles. The molecule has 1 aromatic rings. The molecule has 1 N–H and O–H groups in total. The van der Waals surface area contributed by atoms with E-state index in [1.54, 1.807) is 0 Å². The van der Waals surface area contributed by atoms with Crippen LogP contribution in [0, 0.1) is 0 Å². The summed E-state index contributed by atoms with van der Waals surface area (Å²) in [5.41, 5.74) is 2.97. The summed E-state index contributed by atoms with van der Waals surface area (Å²) in [7, 11) is -2.93. The average Bonchev–Trinajstić information content (AvgIpc) is 2.30. The van der Waals surface area contributed by atoms with Crippen molar-refractivity contribution in [2.24, 2.45) is 0 Å². The van der Waals surface area contributed by atoms with Gasteiger partial charge in [0.05, 0.1) is 6.26 Å². The van der Waals surface area contributed by atoms with Crippen LogP contribution >= 0.6 is 12.4 Å². The predicted octanol–water partition coefficient (Wildman–Crippen LogP) is 0.864. The highest BCUT2D eigenvalue weighted by atomic mass is 35.5. The van der Waals surface area contributed by atoms with Gasteiger partial charge in [0.2, 0.25) is 10.0 Å². The van der Waals surface area contributed by atoms with E-state index < -0.39 is 10.0 Å². The second kappa shape index (κ2) is 6.52. The molecule has 1 saturated heterocycles. The van der Waals surface area contributed by atoms with Gasteiger partial charge in [-0.25, -0.2) is 8.42 Å². The molecule has 3 aliphatic rings. The lowest BCUT2D eigenvalue weighted by molar-refractivity contribution is 0.363. The molecular weight excluding hydrogens is 272 g/mol. The molecule has 4 nitrogen and oxygen atoms in total. The zero-order valence-electron chi connectivity index (χ0n) is 10.4. The molecule has 1 aliphatic heterocycles. The second-order valence-electron chi connectivity index (χ2n) is 4.41. The molecule has 2 bridgehead atoms. The molecule has 0 amide bonds. The van der Waals surface area contributed by atoms with Crippen LogP contribution in [0.3, 0.4) is 0 Å². The van der Waals surface area contributed by atoms with Gasteiger partial charge in [0, 0.05) is 26.2 Å². The molecule has 1 aromatic carbocycles. The quantitative estimate of drug-likeness (QED) is 0.848. The minimum Gasteiger partial charge on any atom is -0.314 e. The molecule has 1 heterocycles. The van der Waals surface area contributed by atoms with Crippen LogP contribution in [0.1, 0.15) is 11.1 Å². The largest absolute Gasteiger partial charge is 0.314 e. The van der Waals surface area contributed by atoms with E-state index in [9.17, 15) is 8.42 Å². The first-order valence-corrected chi connectivity index (χ1v) is 7.64. The highest BCUT2D eigenvalue weighted by Crippen LogP contribution is 2.18. The van der Waals surface area contributed by atoms with Crippen molar-refractivity contribution >= 4 is 22.4 Å². The maximum atomic E-state index is 10.9. The van der Waals surface area contributed by atoms with Gasteiger partial charge in [-0.1, -0.05) is 24.3 Å². The van der Waals surface area contributed by atoms with E-state index in [2.05, 4.69) is 29.6 Å². The Morgan fingerprint density at radius 3 is 1.89 bits per heavy atom. The Hall–Kier alpha value is -0.620. The number of rotatable bonds is 1. The second-order valence-corrected chi connectivity index (χ2v) is 6.39. The van der Waals surface area contributed by atoms with Crippen LogP contribution in [0.15, 0.2) is 24.3 Å². The molecule has 102 valence electrons. The molecular formula is C12H19ClN2O2S. The van der Waals surface area contributed by atoms with Crippen LogP contribution in [-0.4, -0.2) is 45.2 Å². The van der Waals surface area contributed by atoms with Crippen LogP contribution in [0.25, 0.3) is 0 Å². The van der Waals surface area contributed by atoms with Crippen molar-refractivity contribution in [1.82, 2.24) is 9.62 Å². The van der Waals surface area contributed by atoms with Crippen LogP contribution in [0.4, 0.5) is 0 Å². The summed E-state index contributed by atoms with van der Waals surface area (Å²) >= 11 is 0. The molecule has 0 spiro atoms. The number of hydrogen-bond acceptors (Lipinski definition) is 3. The van der Waals surface area contributed by atoms with Crippen molar-refractivity contribution in [3.05, 3.63) is 35.4 Å². The number of hydrogen-bond donors (Lipinski definition) is 1. The van der Waals surface area contributed by atoms with Crippen LogP contribution in [0.2, 0.25) is 0 Å². The van der Waals surface area contributed by atoms with Gasteiger partial charge in [-0.15, -0.1) is 12.4 Å². The van der Waals surface area contributed by atoms with Crippen molar-refractivity contribution in [1.29, 1.82) is 0 Å². The summed E-state index contributed by atoms with van der Waals surface area (Å²) in [6.07, 6.45) is 2.47. The molecule has 0 saturated carbocycles. The Kier molecular flexibility index (Phi) is 5.59. The Labute approximate surface area is 115 Å². The molecule has 4 rings (SSSR count). The molecule has 0 radical (unpaired) electrons. The summed E-state index contributed by atoms with van der Waals surface area (Å²) in [6.45, 7) is 2.76. The van der Waals surface area contributed by atoms with Crippen molar-refractivity contribution < 1.29 is 8.42 Å². The molecule has 6 heteroatoms. The standard InChI is InChI=1S/C7H6.C5H12N2O2S.ClH/c1-2-6-4-7(3-1)5-6;1-10(8,9)7-4-2-6-3-5-7;/h1-4H,5H2;6H,2-5H2,1H3;1H. The van der Waals surface area contributed by atoms with Crippen molar-refractivity contribution in [3.63, 3.8) is 0 Å². The topological polar surface area (TPSA) is 49.4 Å². The maximum absolute atomic E-state index is 10.9. The smallest absolute Gasteiger partial charge is 0.211 e. The van der Waals surface area contributed by atoms with Gasteiger partial charge in [0.1, 0.15) is 0 Å². The zero-order valence-corrected chi connectivity index (χ0v) is 12.1. The third kappa shape index (κ3) is 4.24. The van der Waals surface area contributed by atoms with E-state index in [4.69, 9.17) is 0 Å². The van der Waals surface area contributed by atoms with Gasteiger partial charge in [0.15, 0.2) is 0 Å². The number of sulfonamides is 1. The monoisotopic (exact) mass is 290 g/mol. The fourth-order valence-electron chi connectivity index (χ4n) is 1.93. The van der Waals surface area contributed by atoms with Gasteiger partial charge < -0.3 is 5.32 Å². The average molecular weight is 291 g/mol. The fourth-order valence-corrected chi connectivity index (χ4v) is 2.78. The fraction of sp³-hybridized carbons (Fsp3) is 0.500. The number of nitrogens with zero attached hydrogens (tertiary/aromatic N) is 1. The number of halogens is 1. The minimum atomic E-state index is -2.93. The van der Waals surface area contributed by atoms with Crippen molar-refractivity contribution in [3.8, 4) is 0 Å². The van der Waals surface area contributed by atoms with Gasteiger partial charge in [-0.3, -0.25) is 0 Å². The van der Waals surface area contributed by atoms with E-state index in [1.807, 2.05) is 0 Å². The summed E-state index contributed by atoms with van der Waals surface area (Å²) in [4.78, 5) is 0. The summed E-state index contributed by atoms with van der Waals surface area (Å²) < 4.78 is 23.3. The van der Waals surface area contributed by atoms with E-state index in [1.165, 1.54) is 28.1 Å². The zero-order chi connectivity index (χ0) is 12.3. The van der Waals surface area contributed by atoms with E-state index in [-0.39, 0.29) is 12.4 Å². The highest BCUT2D eigenvalue weighted by Gasteiger charge is 2.17. The SMILES string of the molecule is CS(=O)(=O)N1CCNCC1.Cl.c1cc2cc(c1)C2. The summed E-state index contributed by atoms with van der Waals surface area (Å²) in [5.74, 6) is 0. The predicted molar refractivity (Wildman–Crippen MR) is 75.8 cm³/mol. The van der Waals surface area contributed by atoms with Crippen LogP contribution in [-0.2, 0) is 16.4 Å². The lowest BCUT2D eigenvalue weighted by Gasteiger charge is -2.24. The molecule has 0 atom stereocenters. The van der Waals surface area contributed by atoms with Gasteiger partial charge >= 0.3 is 0 Å². The summed E-state index contributed by atoms with van der Waals surface area (Å²) in [5, 5.41) is 3.08. The van der Waals surface area contributed by atoms with Gasteiger partial charge in [-0.2, -0.15) is 4.31 Å². The normalized spacial score (nSPS) is 17.8.